The van der Waals surface area contributed by atoms with E-state index in [4.69, 9.17) is 0 Å². The number of pyridine rings is 1. The van der Waals surface area contributed by atoms with Gasteiger partial charge in [0.15, 0.2) is 0 Å². The number of benzene rings is 1. The van der Waals surface area contributed by atoms with Gasteiger partial charge < -0.3 is 10.6 Å². The van der Waals surface area contributed by atoms with Gasteiger partial charge in [-0.1, -0.05) is 32.0 Å². The molecule has 0 fully saturated rings. The van der Waals surface area contributed by atoms with Gasteiger partial charge in [-0.05, 0) is 43.9 Å². The van der Waals surface area contributed by atoms with Crippen molar-refractivity contribution in [3.05, 3.63) is 58.9 Å². The lowest BCUT2D eigenvalue weighted by Gasteiger charge is -2.14. The first-order chi connectivity index (χ1) is 12.0. The number of carbonyl (C=O) groups excluding carboxylic acids is 2. The van der Waals surface area contributed by atoms with Crippen molar-refractivity contribution >= 4 is 17.5 Å². The molecule has 2 aromatic rings. The van der Waals surface area contributed by atoms with E-state index in [2.05, 4.69) is 29.5 Å². The molecule has 0 aliphatic rings. The van der Waals surface area contributed by atoms with Crippen LogP contribution in [0.15, 0.2) is 36.7 Å². The number of anilines is 1. The summed E-state index contributed by atoms with van der Waals surface area (Å²) in [5.41, 5.74) is 3.78. The highest BCUT2D eigenvalue weighted by Gasteiger charge is 2.15. The van der Waals surface area contributed by atoms with Crippen LogP contribution in [0.1, 0.15) is 59.5 Å². The van der Waals surface area contributed by atoms with Crippen LogP contribution in [0.5, 0.6) is 0 Å². The number of carbonyl (C=O) groups is 2. The maximum Gasteiger partial charge on any atom is 0.257 e. The molecular formula is C20H25N3O2. The minimum Gasteiger partial charge on any atom is -0.350 e. The van der Waals surface area contributed by atoms with Crippen LogP contribution in [0.3, 0.4) is 0 Å². The molecule has 0 atom stereocenters. The lowest BCUT2D eigenvalue weighted by Crippen LogP contribution is -2.30. The van der Waals surface area contributed by atoms with Crippen molar-refractivity contribution in [2.24, 2.45) is 0 Å². The molecule has 0 spiro atoms. The Hall–Kier alpha value is -2.69. The van der Waals surface area contributed by atoms with E-state index in [1.807, 2.05) is 32.0 Å². The van der Waals surface area contributed by atoms with Crippen molar-refractivity contribution in [1.29, 1.82) is 0 Å². The molecule has 5 nitrogen and oxygen atoms in total. The third-order valence-corrected chi connectivity index (χ3v) is 3.92. The van der Waals surface area contributed by atoms with E-state index in [0.29, 0.717) is 11.1 Å². The summed E-state index contributed by atoms with van der Waals surface area (Å²) >= 11 is 0. The van der Waals surface area contributed by atoms with Crippen LogP contribution in [0.4, 0.5) is 5.69 Å². The van der Waals surface area contributed by atoms with Crippen LogP contribution < -0.4 is 10.6 Å². The van der Waals surface area contributed by atoms with Gasteiger partial charge in [0, 0.05) is 24.1 Å². The highest BCUT2D eigenvalue weighted by molar-refractivity contribution is 6.06. The van der Waals surface area contributed by atoms with Gasteiger partial charge in [0.25, 0.3) is 11.8 Å². The van der Waals surface area contributed by atoms with E-state index in [1.54, 1.807) is 6.07 Å². The number of hydrogen-bond acceptors (Lipinski definition) is 3. The smallest absolute Gasteiger partial charge is 0.257 e. The molecule has 0 saturated heterocycles. The number of nitrogens with one attached hydrogen (secondary N) is 2. The third kappa shape index (κ3) is 4.66. The maximum absolute atomic E-state index is 12.7. The van der Waals surface area contributed by atoms with Crippen LogP contribution in [-0.2, 0) is 12.8 Å². The number of hydrogen-bond donors (Lipinski definition) is 2. The van der Waals surface area contributed by atoms with Gasteiger partial charge >= 0.3 is 0 Å². The molecule has 1 aromatic heterocycles. The number of aryl methyl sites for hydroxylation is 2. The number of nitrogens with zero attached hydrogens (tertiary/aromatic N) is 1. The Morgan fingerprint density at radius 3 is 2.08 bits per heavy atom. The summed E-state index contributed by atoms with van der Waals surface area (Å²) < 4.78 is 0. The molecule has 0 unspecified atom stereocenters. The Bertz CT molecular complexity index is 747. The third-order valence-electron chi connectivity index (χ3n) is 3.92. The Kier molecular flexibility index (Phi) is 6.28. The van der Waals surface area contributed by atoms with Crippen molar-refractivity contribution in [2.75, 3.05) is 5.32 Å². The van der Waals surface area contributed by atoms with Gasteiger partial charge in [0.05, 0.1) is 11.1 Å². The Morgan fingerprint density at radius 2 is 1.56 bits per heavy atom. The van der Waals surface area contributed by atoms with E-state index in [-0.39, 0.29) is 17.9 Å². The fourth-order valence-corrected chi connectivity index (χ4v) is 2.62. The highest BCUT2D eigenvalue weighted by atomic mass is 16.2. The molecule has 25 heavy (non-hydrogen) atoms. The predicted octanol–water partition coefficient (Wildman–Crippen LogP) is 3.60. The summed E-state index contributed by atoms with van der Waals surface area (Å²) in [4.78, 5) is 28.8. The minimum atomic E-state index is -0.262. The summed E-state index contributed by atoms with van der Waals surface area (Å²) in [5.74, 6) is -0.498. The standard InChI is InChI=1S/C20H25N3O2/c1-5-14-8-7-9-15(6-2)18(14)23-20(25)17-10-16(11-21-12-17)19(24)22-13(3)4/h7-13H,5-6H2,1-4H3,(H,22,24)(H,23,25). The zero-order valence-electron chi connectivity index (χ0n) is 15.2. The Balaban J connectivity index is 2.26. The van der Waals surface area contributed by atoms with E-state index >= 15 is 0 Å². The minimum absolute atomic E-state index is 0.0218. The Labute approximate surface area is 148 Å². The summed E-state index contributed by atoms with van der Waals surface area (Å²) in [6, 6.07) is 7.62. The first-order valence-electron chi connectivity index (χ1n) is 8.64. The average Bonchev–Trinajstić information content (AvgIpc) is 2.61. The number of amides is 2. The summed E-state index contributed by atoms with van der Waals surface area (Å²) in [5, 5.41) is 5.79. The Morgan fingerprint density at radius 1 is 1.00 bits per heavy atom. The zero-order chi connectivity index (χ0) is 18.4. The van der Waals surface area contributed by atoms with Crippen LogP contribution in [0.25, 0.3) is 0 Å². The van der Waals surface area contributed by atoms with Gasteiger partial charge in [-0.25, -0.2) is 0 Å². The first kappa shape index (κ1) is 18.6. The molecule has 0 bridgehead atoms. The van der Waals surface area contributed by atoms with Gasteiger partial charge in [-0.2, -0.15) is 0 Å². The van der Waals surface area contributed by atoms with E-state index < -0.39 is 0 Å². The SMILES string of the molecule is CCc1cccc(CC)c1NC(=O)c1cncc(C(=O)NC(C)C)c1. The quantitative estimate of drug-likeness (QED) is 0.845. The molecule has 1 aromatic carbocycles. The van der Waals surface area contributed by atoms with E-state index in [9.17, 15) is 9.59 Å². The molecular weight excluding hydrogens is 314 g/mol. The van der Waals surface area contributed by atoms with Gasteiger partial charge in [0.1, 0.15) is 0 Å². The lowest BCUT2D eigenvalue weighted by molar-refractivity contribution is 0.0942. The second-order valence-electron chi connectivity index (χ2n) is 6.20. The van der Waals surface area contributed by atoms with Crippen molar-refractivity contribution < 1.29 is 9.59 Å². The van der Waals surface area contributed by atoms with Crippen molar-refractivity contribution in [3.63, 3.8) is 0 Å². The number of aromatic nitrogens is 1. The molecule has 1 heterocycles. The molecule has 2 amide bonds. The largest absolute Gasteiger partial charge is 0.350 e. The second kappa shape index (κ2) is 8.42. The number of para-hydroxylation sites is 1. The molecule has 2 N–H and O–H groups in total. The topological polar surface area (TPSA) is 71.1 Å². The van der Waals surface area contributed by atoms with Crippen LogP contribution >= 0.6 is 0 Å². The predicted molar refractivity (Wildman–Crippen MR) is 100.0 cm³/mol. The molecule has 0 aliphatic carbocycles. The number of rotatable bonds is 6. The average molecular weight is 339 g/mol. The lowest BCUT2D eigenvalue weighted by atomic mass is 10.0. The molecule has 0 saturated carbocycles. The normalized spacial score (nSPS) is 10.6. The van der Waals surface area contributed by atoms with Crippen LogP contribution in [0.2, 0.25) is 0 Å². The summed E-state index contributed by atoms with van der Waals surface area (Å²) in [6.45, 7) is 7.89. The summed E-state index contributed by atoms with van der Waals surface area (Å²) in [6.07, 6.45) is 4.60. The molecule has 0 radical (unpaired) electrons. The van der Waals surface area contributed by atoms with Crippen molar-refractivity contribution in [2.45, 2.75) is 46.6 Å². The highest BCUT2D eigenvalue weighted by Crippen LogP contribution is 2.23. The van der Waals surface area contributed by atoms with E-state index in [1.165, 1.54) is 12.4 Å². The van der Waals surface area contributed by atoms with Crippen molar-refractivity contribution in [3.8, 4) is 0 Å². The van der Waals surface area contributed by atoms with Gasteiger partial charge in [-0.15, -0.1) is 0 Å². The van der Waals surface area contributed by atoms with Crippen molar-refractivity contribution in [1.82, 2.24) is 10.3 Å². The monoisotopic (exact) mass is 339 g/mol. The van der Waals surface area contributed by atoms with Gasteiger partial charge in [0.2, 0.25) is 0 Å². The molecule has 2 rings (SSSR count). The second-order valence-corrected chi connectivity index (χ2v) is 6.20. The van der Waals surface area contributed by atoms with Crippen LogP contribution in [-0.4, -0.2) is 22.8 Å². The fourth-order valence-electron chi connectivity index (χ4n) is 2.62. The molecule has 5 heteroatoms. The maximum atomic E-state index is 12.7. The summed E-state index contributed by atoms with van der Waals surface area (Å²) in [7, 11) is 0. The van der Waals surface area contributed by atoms with Crippen LogP contribution in [0, 0.1) is 0 Å². The first-order valence-corrected chi connectivity index (χ1v) is 8.64. The van der Waals surface area contributed by atoms with E-state index in [0.717, 1.165) is 29.7 Å². The zero-order valence-corrected chi connectivity index (χ0v) is 15.2. The van der Waals surface area contributed by atoms with Gasteiger partial charge in [-0.3, -0.25) is 14.6 Å². The molecule has 0 aliphatic heterocycles. The fraction of sp³-hybridized carbons (Fsp3) is 0.350. The molecule has 132 valence electrons.